The van der Waals surface area contributed by atoms with Crippen LogP contribution in [0.1, 0.15) is 0 Å². The molecule has 2 aromatic heterocycles. The van der Waals surface area contributed by atoms with E-state index in [1.54, 1.807) is 13.3 Å². The van der Waals surface area contributed by atoms with E-state index in [0.717, 1.165) is 16.8 Å². The van der Waals surface area contributed by atoms with Crippen molar-refractivity contribution in [1.82, 2.24) is 14.6 Å². The van der Waals surface area contributed by atoms with Gasteiger partial charge >= 0.3 is 5.69 Å². The van der Waals surface area contributed by atoms with E-state index in [1.165, 1.54) is 4.40 Å². The van der Waals surface area contributed by atoms with Crippen LogP contribution in [-0.4, -0.2) is 21.7 Å². The van der Waals surface area contributed by atoms with E-state index in [9.17, 15) is 4.79 Å². The molecule has 1 aromatic carbocycles. The molecule has 0 saturated carbocycles. The highest BCUT2D eigenvalue weighted by Crippen LogP contribution is 2.29. The molecule has 0 aliphatic heterocycles. The van der Waals surface area contributed by atoms with Crippen LogP contribution in [0.3, 0.4) is 0 Å². The summed E-state index contributed by atoms with van der Waals surface area (Å²) in [5.74, 6) is 0.722. The first-order valence-electron chi connectivity index (χ1n) is 5.50. The standard InChI is InChI=1S/C13H11N3O2/c1-18-11-7-3-2-5-9(11)12-10-6-4-8-16(10)13(17)15-14-12/h2-8H,1H3,(H,15,17). The second-order valence-corrected chi connectivity index (χ2v) is 3.84. The molecule has 5 nitrogen and oxygen atoms in total. The third kappa shape index (κ3) is 1.48. The first-order valence-corrected chi connectivity index (χ1v) is 5.50. The average molecular weight is 241 g/mol. The fourth-order valence-corrected chi connectivity index (χ4v) is 2.00. The Kier molecular flexibility index (Phi) is 2.37. The van der Waals surface area contributed by atoms with Gasteiger partial charge in [0.15, 0.2) is 0 Å². The van der Waals surface area contributed by atoms with Gasteiger partial charge in [-0.25, -0.2) is 9.89 Å². The van der Waals surface area contributed by atoms with E-state index in [4.69, 9.17) is 4.74 Å². The van der Waals surface area contributed by atoms with Gasteiger partial charge in [0.1, 0.15) is 11.4 Å². The van der Waals surface area contributed by atoms with Gasteiger partial charge in [0.05, 0.1) is 12.6 Å². The molecular weight excluding hydrogens is 230 g/mol. The molecule has 0 unspecified atom stereocenters. The maximum atomic E-state index is 11.6. The van der Waals surface area contributed by atoms with Gasteiger partial charge in [-0.3, -0.25) is 4.40 Å². The van der Waals surface area contributed by atoms with E-state index >= 15 is 0 Å². The number of hydrogen-bond donors (Lipinski definition) is 1. The maximum absolute atomic E-state index is 11.6. The Labute approximate surface area is 103 Å². The molecule has 3 aromatic rings. The molecule has 1 N–H and O–H groups in total. The van der Waals surface area contributed by atoms with Crippen molar-refractivity contribution in [2.24, 2.45) is 0 Å². The third-order valence-electron chi connectivity index (χ3n) is 2.84. The van der Waals surface area contributed by atoms with Crippen LogP contribution < -0.4 is 10.4 Å². The normalized spacial score (nSPS) is 10.7. The van der Waals surface area contributed by atoms with Crippen LogP contribution >= 0.6 is 0 Å². The number of ether oxygens (including phenoxy) is 1. The quantitative estimate of drug-likeness (QED) is 0.742. The van der Waals surface area contributed by atoms with Gasteiger partial charge in [-0.05, 0) is 24.3 Å². The molecule has 5 heteroatoms. The van der Waals surface area contributed by atoms with Crippen molar-refractivity contribution in [1.29, 1.82) is 0 Å². The Hall–Kier alpha value is -2.56. The molecule has 3 rings (SSSR count). The van der Waals surface area contributed by atoms with Crippen molar-refractivity contribution in [2.75, 3.05) is 7.11 Å². The van der Waals surface area contributed by atoms with Crippen molar-refractivity contribution >= 4 is 5.52 Å². The monoisotopic (exact) mass is 241 g/mol. The van der Waals surface area contributed by atoms with Gasteiger partial charge in [0.25, 0.3) is 0 Å². The largest absolute Gasteiger partial charge is 0.496 e. The number of H-pyrrole nitrogens is 1. The number of aromatic amines is 1. The van der Waals surface area contributed by atoms with Gasteiger partial charge < -0.3 is 4.74 Å². The molecule has 0 aliphatic carbocycles. The van der Waals surface area contributed by atoms with Gasteiger partial charge in [-0.1, -0.05) is 12.1 Å². The van der Waals surface area contributed by atoms with E-state index in [0.29, 0.717) is 5.69 Å². The molecule has 0 radical (unpaired) electrons. The lowest BCUT2D eigenvalue weighted by atomic mass is 10.1. The number of methoxy groups -OCH3 is 1. The topological polar surface area (TPSA) is 59.4 Å². The summed E-state index contributed by atoms with van der Waals surface area (Å²) >= 11 is 0. The number of hydrogen-bond acceptors (Lipinski definition) is 3. The zero-order valence-corrected chi connectivity index (χ0v) is 9.75. The molecule has 0 saturated heterocycles. The summed E-state index contributed by atoms with van der Waals surface area (Å²) < 4.78 is 6.84. The van der Waals surface area contributed by atoms with Crippen LogP contribution in [0.4, 0.5) is 0 Å². The molecule has 0 amide bonds. The molecular formula is C13H11N3O2. The number of nitrogens with one attached hydrogen (secondary N) is 1. The molecule has 0 bridgehead atoms. The van der Waals surface area contributed by atoms with Crippen molar-refractivity contribution in [3.05, 3.63) is 53.1 Å². The molecule has 0 atom stereocenters. The second-order valence-electron chi connectivity index (χ2n) is 3.84. The van der Waals surface area contributed by atoms with E-state index in [2.05, 4.69) is 10.2 Å². The van der Waals surface area contributed by atoms with Crippen LogP contribution in [0.5, 0.6) is 5.75 Å². The van der Waals surface area contributed by atoms with Crippen LogP contribution in [0.25, 0.3) is 16.8 Å². The Morgan fingerprint density at radius 1 is 1.22 bits per heavy atom. The number of nitrogens with zero attached hydrogens (tertiary/aromatic N) is 2. The lowest BCUT2D eigenvalue weighted by molar-refractivity contribution is 0.416. The van der Waals surface area contributed by atoms with Crippen molar-refractivity contribution in [3.8, 4) is 17.0 Å². The minimum Gasteiger partial charge on any atom is -0.496 e. The minimum absolute atomic E-state index is 0.256. The van der Waals surface area contributed by atoms with Crippen LogP contribution in [0.2, 0.25) is 0 Å². The van der Waals surface area contributed by atoms with Crippen LogP contribution in [0.15, 0.2) is 47.4 Å². The van der Waals surface area contributed by atoms with Gasteiger partial charge in [-0.15, -0.1) is 0 Å². The molecule has 0 spiro atoms. The number of rotatable bonds is 2. The second kappa shape index (κ2) is 4.03. The SMILES string of the molecule is COc1ccccc1-c1n[nH]c(=O)n2cccc12. The molecule has 90 valence electrons. The van der Waals surface area contributed by atoms with Crippen molar-refractivity contribution in [3.63, 3.8) is 0 Å². The number of aromatic nitrogens is 3. The first kappa shape index (κ1) is 10.6. The molecule has 2 heterocycles. The first-order chi connectivity index (χ1) is 8.81. The summed E-state index contributed by atoms with van der Waals surface area (Å²) in [6, 6.07) is 11.2. The lowest BCUT2D eigenvalue weighted by Crippen LogP contribution is -2.17. The Morgan fingerprint density at radius 2 is 2.06 bits per heavy atom. The predicted octanol–water partition coefficient (Wildman–Crippen LogP) is 1.70. The van der Waals surface area contributed by atoms with Crippen molar-refractivity contribution < 1.29 is 4.74 Å². The Morgan fingerprint density at radius 3 is 2.89 bits per heavy atom. The zero-order chi connectivity index (χ0) is 12.5. The number of fused-ring (bicyclic) bond motifs is 1. The van der Waals surface area contributed by atoms with Crippen LogP contribution in [-0.2, 0) is 0 Å². The summed E-state index contributed by atoms with van der Waals surface area (Å²) in [6.45, 7) is 0. The summed E-state index contributed by atoms with van der Waals surface area (Å²) in [7, 11) is 1.61. The predicted molar refractivity (Wildman–Crippen MR) is 67.8 cm³/mol. The highest BCUT2D eigenvalue weighted by Gasteiger charge is 2.11. The molecule has 0 aliphatic rings. The number of para-hydroxylation sites is 1. The van der Waals surface area contributed by atoms with E-state index in [1.807, 2.05) is 36.4 Å². The fourth-order valence-electron chi connectivity index (χ4n) is 2.00. The van der Waals surface area contributed by atoms with Gasteiger partial charge in [-0.2, -0.15) is 5.10 Å². The maximum Gasteiger partial charge on any atom is 0.346 e. The third-order valence-corrected chi connectivity index (χ3v) is 2.84. The Balaban J connectivity index is 2.35. The zero-order valence-electron chi connectivity index (χ0n) is 9.75. The van der Waals surface area contributed by atoms with E-state index < -0.39 is 0 Å². The highest BCUT2D eigenvalue weighted by molar-refractivity contribution is 5.80. The summed E-state index contributed by atoms with van der Waals surface area (Å²) in [5.41, 5.74) is 2.04. The van der Waals surface area contributed by atoms with Gasteiger partial charge in [0.2, 0.25) is 0 Å². The summed E-state index contributed by atoms with van der Waals surface area (Å²) in [4.78, 5) is 11.6. The van der Waals surface area contributed by atoms with Crippen LogP contribution in [0, 0.1) is 0 Å². The Bertz CT molecular complexity index is 758. The number of benzene rings is 1. The van der Waals surface area contributed by atoms with E-state index in [-0.39, 0.29) is 5.69 Å². The molecule has 18 heavy (non-hydrogen) atoms. The smallest absolute Gasteiger partial charge is 0.346 e. The highest BCUT2D eigenvalue weighted by atomic mass is 16.5. The molecule has 0 fully saturated rings. The minimum atomic E-state index is -0.256. The summed E-state index contributed by atoms with van der Waals surface area (Å²) in [5, 5.41) is 6.60. The lowest BCUT2D eigenvalue weighted by Gasteiger charge is -2.08. The summed E-state index contributed by atoms with van der Waals surface area (Å²) in [6.07, 6.45) is 1.70. The fraction of sp³-hybridized carbons (Fsp3) is 0.0769. The van der Waals surface area contributed by atoms with Crippen molar-refractivity contribution in [2.45, 2.75) is 0 Å². The van der Waals surface area contributed by atoms with Gasteiger partial charge in [0, 0.05) is 11.8 Å². The average Bonchev–Trinajstić information content (AvgIpc) is 2.89.